The van der Waals surface area contributed by atoms with Gasteiger partial charge in [-0.15, -0.1) is 0 Å². The SMILES string of the molecule is CC1CCC(C(C#N)NCC2CCCO2)O1. The van der Waals surface area contributed by atoms with Gasteiger partial charge in [-0.05, 0) is 32.6 Å². The molecule has 0 aromatic carbocycles. The van der Waals surface area contributed by atoms with Crippen LogP contribution in [0.1, 0.15) is 32.6 Å². The van der Waals surface area contributed by atoms with Crippen molar-refractivity contribution in [3.8, 4) is 6.07 Å². The van der Waals surface area contributed by atoms with Crippen molar-refractivity contribution in [3.05, 3.63) is 0 Å². The van der Waals surface area contributed by atoms with Crippen molar-refractivity contribution in [1.29, 1.82) is 5.26 Å². The van der Waals surface area contributed by atoms with E-state index in [0.29, 0.717) is 6.10 Å². The average molecular weight is 224 g/mol. The molecule has 0 aromatic rings. The van der Waals surface area contributed by atoms with Crippen molar-refractivity contribution in [1.82, 2.24) is 5.32 Å². The van der Waals surface area contributed by atoms with Crippen LogP contribution in [0.2, 0.25) is 0 Å². The van der Waals surface area contributed by atoms with E-state index in [9.17, 15) is 0 Å². The molecule has 2 rings (SSSR count). The molecule has 0 aliphatic carbocycles. The highest BCUT2D eigenvalue weighted by molar-refractivity contribution is 4.98. The fourth-order valence-electron chi connectivity index (χ4n) is 2.40. The van der Waals surface area contributed by atoms with Gasteiger partial charge in [0.25, 0.3) is 0 Å². The molecule has 4 heteroatoms. The van der Waals surface area contributed by atoms with Crippen molar-refractivity contribution < 1.29 is 9.47 Å². The van der Waals surface area contributed by atoms with E-state index in [-0.39, 0.29) is 18.2 Å². The molecule has 2 saturated heterocycles. The van der Waals surface area contributed by atoms with Gasteiger partial charge < -0.3 is 9.47 Å². The molecule has 16 heavy (non-hydrogen) atoms. The zero-order valence-electron chi connectivity index (χ0n) is 9.82. The maximum absolute atomic E-state index is 9.11. The van der Waals surface area contributed by atoms with Crippen LogP contribution in [0.4, 0.5) is 0 Å². The minimum atomic E-state index is -0.186. The number of nitrogens with zero attached hydrogens (tertiary/aromatic N) is 1. The first-order valence-electron chi connectivity index (χ1n) is 6.19. The lowest BCUT2D eigenvalue weighted by atomic mass is 10.1. The molecular formula is C12H20N2O2. The summed E-state index contributed by atoms with van der Waals surface area (Å²) in [4.78, 5) is 0. The summed E-state index contributed by atoms with van der Waals surface area (Å²) >= 11 is 0. The fraction of sp³-hybridized carbons (Fsp3) is 0.917. The summed E-state index contributed by atoms with van der Waals surface area (Å²) in [5, 5.41) is 12.4. The summed E-state index contributed by atoms with van der Waals surface area (Å²) < 4.78 is 11.2. The van der Waals surface area contributed by atoms with E-state index in [1.54, 1.807) is 0 Å². The molecule has 0 radical (unpaired) electrons. The number of hydrogen-bond acceptors (Lipinski definition) is 4. The van der Waals surface area contributed by atoms with Gasteiger partial charge >= 0.3 is 0 Å². The summed E-state index contributed by atoms with van der Waals surface area (Å²) in [5.74, 6) is 0. The van der Waals surface area contributed by atoms with Gasteiger partial charge in [-0.3, -0.25) is 5.32 Å². The topological polar surface area (TPSA) is 54.3 Å². The molecule has 0 amide bonds. The second-order valence-electron chi connectivity index (χ2n) is 4.71. The molecule has 2 fully saturated rings. The van der Waals surface area contributed by atoms with Crippen LogP contribution in [0.3, 0.4) is 0 Å². The highest BCUT2D eigenvalue weighted by Crippen LogP contribution is 2.21. The number of rotatable bonds is 4. The first-order chi connectivity index (χ1) is 7.79. The number of nitrogens with one attached hydrogen (secondary N) is 1. The van der Waals surface area contributed by atoms with Crippen LogP contribution < -0.4 is 5.32 Å². The van der Waals surface area contributed by atoms with Gasteiger partial charge in [0.15, 0.2) is 0 Å². The molecule has 4 unspecified atom stereocenters. The molecule has 90 valence electrons. The number of nitriles is 1. The van der Waals surface area contributed by atoms with Gasteiger partial charge in [0.05, 0.1) is 24.4 Å². The Morgan fingerprint density at radius 3 is 2.88 bits per heavy atom. The lowest BCUT2D eigenvalue weighted by molar-refractivity contribution is 0.0384. The van der Waals surface area contributed by atoms with E-state index in [1.165, 1.54) is 0 Å². The van der Waals surface area contributed by atoms with Crippen molar-refractivity contribution >= 4 is 0 Å². The van der Waals surface area contributed by atoms with E-state index in [1.807, 2.05) is 0 Å². The maximum Gasteiger partial charge on any atom is 0.122 e. The zero-order chi connectivity index (χ0) is 11.4. The van der Waals surface area contributed by atoms with E-state index in [2.05, 4.69) is 18.3 Å². The van der Waals surface area contributed by atoms with Crippen LogP contribution in [-0.4, -0.2) is 37.5 Å². The first-order valence-corrected chi connectivity index (χ1v) is 6.19. The van der Waals surface area contributed by atoms with Crippen LogP contribution in [0.25, 0.3) is 0 Å². The Morgan fingerprint density at radius 1 is 1.44 bits per heavy atom. The minimum absolute atomic E-state index is 0.0569. The first kappa shape index (κ1) is 11.8. The predicted octanol–water partition coefficient (Wildman–Crippen LogP) is 1.21. The third kappa shape index (κ3) is 2.94. The quantitative estimate of drug-likeness (QED) is 0.780. The Bertz CT molecular complexity index is 258. The van der Waals surface area contributed by atoms with Crippen LogP contribution in [-0.2, 0) is 9.47 Å². The summed E-state index contributed by atoms with van der Waals surface area (Å²) in [6.07, 6.45) is 4.93. The molecule has 4 nitrogen and oxygen atoms in total. The van der Waals surface area contributed by atoms with Crippen LogP contribution in [0.5, 0.6) is 0 Å². The third-order valence-electron chi connectivity index (χ3n) is 3.37. The van der Waals surface area contributed by atoms with Gasteiger partial charge in [0.2, 0.25) is 0 Å². The van der Waals surface area contributed by atoms with Gasteiger partial charge in [-0.1, -0.05) is 0 Å². The van der Waals surface area contributed by atoms with Crippen LogP contribution >= 0.6 is 0 Å². The summed E-state index contributed by atoms with van der Waals surface area (Å²) in [6.45, 7) is 3.70. The number of ether oxygens (including phenoxy) is 2. The largest absolute Gasteiger partial charge is 0.377 e. The van der Waals surface area contributed by atoms with E-state index in [4.69, 9.17) is 14.7 Å². The summed E-state index contributed by atoms with van der Waals surface area (Å²) in [7, 11) is 0. The van der Waals surface area contributed by atoms with Crippen molar-refractivity contribution in [2.24, 2.45) is 0 Å². The number of hydrogen-bond donors (Lipinski definition) is 1. The fourth-order valence-corrected chi connectivity index (χ4v) is 2.40. The Labute approximate surface area is 96.9 Å². The highest BCUT2D eigenvalue weighted by Gasteiger charge is 2.30. The van der Waals surface area contributed by atoms with Crippen LogP contribution in [0.15, 0.2) is 0 Å². The van der Waals surface area contributed by atoms with E-state index in [0.717, 1.165) is 38.8 Å². The molecule has 0 spiro atoms. The average Bonchev–Trinajstić information content (AvgIpc) is 2.91. The monoisotopic (exact) mass is 224 g/mol. The second-order valence-corrected chi connectivity index (χ2v) is 4.71. The molecule has 4 atom stereocenters. The molecule has 0 bridgehead atoms. The Kier molecular flexibility index (Phi) is 4.16. The molecule has 0 saturated carbocycles. The van der Waals surface area contributed by atoms with E-state index < -0.39 is 0 Å². The molecule has 0 aromatic heterocycles. The van der Waals surface area contributed by atoms with Crippen LogP contribution in [0, 0.1) is 11.3 Å². The third-order valence-corrected chi connectivity index (χ3v) is 3.37. The predicted molar refractivity (Wildman–Crippen MR) is 59.9 cm³/mol. The zero-order valence-corrected chi connectivity index (χ0v) is 9.82. The van der Waals surface area contributed by atoms with Crippen molar-refractivity contribution in [2.45, 2.75) is 57.0 Å². The molecule has 2 aliphatic rings. The summed E-state index contributed by atoms with van der Waals surface area (Å²) in [6, 6.07) is 2.11. The van der Waals surface area contributed by atoms with Gasteiger partial charge in [0.1, 0.15) is 6.04 Å². The second kappa shape index (κ2) is 5.62. The molecule has 2 heterocycles. The minimum Gasteiger partial charge on any atom is -0.377 e. The molecular weight excluding hydrogens is 204 g/mol. The van der Waals surface area contributed by atoms with Crippen molar-refractivity contribution in [2.75, 3.05) is 13.2 Å². The van der Waals surface area contributed by atoms with Crippen molar-refractivity contribution in [3.63, 3.8) is 0 Å². The molecule has 1 N–H and O–H groups in total. The Balaban J connectivity index is 1.75. The van der Waals surface area contributed by atoms with E-state index >= 15 is 0 Å². The standard InChI is InChI=1S/C12H20N2O2/c1-9-4-5-12(16-9)11(7-13)14-8-10-3-2-6-15-10/h9-12,14H,2-6,8H2,1H3. The normalized spacial score (nSPS) is 36.1. The maximum atomic E-state index is 9.11. The smallest absolute Gasteiger partial charge is 0.122 e. The summed E-state index contributed by atoms with van der Waals surface area (Å²) in [5.41, 5.74) is 0. The Morgan fingerprint density at radius 2 is 2.31 bits per heavy atom. The lowest BCUT2D eigenvalue weighted by Gasteiger charge is -2.20. The van der Waals surface area contributed by atoms with Gasteiger partial charge in [-0.2, -0.15) is 5.26 Å². The highest BCUT2D eigenvalue weighted by atomic mass is 16.5. The lowest BCUT2D eigenvalue weighted by Crippen LogP contribution is -2.42. The van der Waals surface area contributed by atoms with Gasteiger partial charge in [0, 0.05) is 13.2 Å². The Hall–Kier alpha value is -0.630. The molecule has 2 aliphatic heterocycles. The van der Waals surface area contributed by atoms with Gasteiger partial charge in [-0.25, -0.2) is 0 Å².